The number of esters is 1. The van der Waals surface area contributed by atoms with Crippen molar-refractivity contribution in [2.75, 3.05) is 12.4 Å². The Morgan fingerprint density at radius 2 is 1.66 bits per heavy atom. The lowest BCUT2D eigenvalue weighted by atomic mass is 9.98. The molecule has 2 N–H and O–H groups in total. The van der Waals surface area contributed by atoms with Gasteiger partial charge in [-0.2, -0.15) is 0 Å². The van der Waals surface area contributed by atoms with Crippen LogP contribution < -0.4 is 5.32 Å². The number of ketones is 1. The van der Waals surface area contributed by atoms with E-state index < -0.39 is 12.1 Å². The fourth-order valence-corrected chi connectivity index (χ4v) is 3.17. The van der Waals surface area contributed by atoms with Gasteiger partial charge in [0.2, 0.25) is 5.95 Å². The van der Waals surface area contributed by atoms with Gasteiger partial charge >= 0.3 is 12.1 Å². The van der Waals surface area contributed by atoms with Gasteiger partial charge in [-0.1, -0.05) is 48.5 Å². The van der Waals surface area contributed by atoms with Crippen molar-refractivity contribution in [2.24, 2.45) is 0 Å². The lowest BCUT2D eigenvalue weighted by molar-refractivity contribution is 0.0470. The highest BCUT2D eigenvalue weighted by atomic mass is 16.5. The van der Waals surface area contributed by atoms with Gasteiger partial charge in [0.25, 0.3) is 0 Å². The smallest absolute Gasteiger partial charge is 0.413 e. The van der Waals surface area contributed by atoms with E-state index in [2.05, 4.69) is 20.0 Å². The summed E-state index contributed by atoms with van der Waals surface area (Å²) in [4.78, 5) is 44.4. The predicted molar refractivity (Wildman–Crippen MR) is 118 cm³/mol. The van der Waals surface area contributed by atoms with E-state index in [9.17, 15) is 14.4 Å². The Balaban J connectivity index is 1.57. The lowest BCUT2D eigenvalue weighted by Gasteiger charge is -2.09. The molecule has 160 valence electrons. The Morgan fingerprint density at radius 3 is 2.41 bits per heavy atom. The van der Waals surface area contributed by atoms with Crippen LogP contribution in [0.1, 0.15) is 31.8 Å². The SMILES string of the molecule is COC(=O)Nc1nc2cc(C(=O)c3ccccc3C(=O)OCc3ccccc3)ccc2[nH]1. The van der Waals surface area contributed by atoms with E-state index >= 15 is 0 Å². The number of fused-ring (bicyclic) bond motifs is 1. The minimum absolute atomic E-state index is 0.109. The standard InChI is InChI=1S/C24H19N3O5/c1-31-24(30)27-23-25-19-12-11-16(13-20(19)26-23)21(28)17-9-5-6-10-18(17)22(29)32-14-15-7-3-2-4-8-15/h2-13H,14H2,1H3,(H2,25,26,27,30). The van der Waals surface area contributed by atoms with Crippen molar-refractivity contribution < 1.29 is 23.9 Å². The van der Waals surface area contributed by atoms with Crippen molar-refractivity contribution in [1.29, 1.82) is 0 Å². The summed E-state index contributed by atoms with van der Waals surface area (Å²) < 4.78 is 9.95. The molecule has 0 atom stereocenters. The number of aromatic nitrogens is 2. The van der Waals surface area contributed by atoms with Gasteiger partial charge < -0.3 is 14.5 Å². The molecule has 4 rings (SSSR count). The number of hydrogen-bond donors (Lipinski definition) is 2. The predicted octanol–water partition coefficient (Wildman–Crippen LogP) is 4.33. The maximum atomic E-state index is 13.2. The van der Waals surface area contributed by atoms with Crippen molar-refractivity contribution in [1.82, 2.24) is 9.97 Å². The first-order valence-corrected chi connectivity index (χ1v) is 9.74. The monoisotopic (exact) mass is 429 g/mol. The van der Waals surface area contributed by atoms with Crippen LogP contribution in [0.5, 0.6) is 0 Å². The molecule has 8 nitrogen and oxygen atoms in total. The lowest BCUT2D eigenvalue weighted by Crippen LogP contribution is -2.12. The molecule has 1 aromatic heterocycles. The third kappa shape index (κ3) is 4.49. The molecule has 32 heavy (non-hydrogen) atoms. The van der Waals surface area contributed by atoms with Gasteiger partial charge in [-0.05, 0) is 29.8 Å². The van der Waals surface area contributed by atoms with Crippen molar-refractivity contribution in [3.05, 3.63) is 95.1 Å². The average molecular weight is 429 g/mol. The zero-order valence-corrected chi connectivity index (χ0v) is 17.1. The highest BCUT2D eigenvalue weighted by Gasteiger charge is 2.20. The summed E-state index contributed by atoms with van der Waals surface area (Å²) in [7, 11) is 1.25. The number of carbonyl (C=O) groups is 3. The van der Waals surface area contributed by atoms with Crippen LogP contribution in [0.15, 0.2) is 72.8 Å². The first-order valence-electron chi connectivity index (χ1n) is 9.74. The molecule has 0 aliphatic carbocycles. The Labute approximate surface area is 183 Å². The average Bonchev–Trinajstić information content (AvgIpc) is 3.24. The van der Waals surface area contributed by atoms with Crippen LogP contribution in [0.25, 0.3) is 11.0 Å². The summed E-state index contributed by atoms with van der Waals surface area (Å²) in [6, 6.07) is 20.7. The molecule has 0 bridgehead atoms. The molecule has 1 heterocycles. The van der Waals surface area contributed by atoms with Crippen molar-refractivity contribution in [2.45, 2.75) is 6.61 Å². The third-order valence-corrected chi connectivity index (χ3v) is 4.76. The maximum Gasteiger partial charge on any atom is 0.413 e. The summed E-state index contributed by atoms with van der Waals surface area (Å²) >= 11 is 0. The summed E-state index contributed by atoms with van der Waals surface area (Å²) in [6.45, 7) is 0.109. The van der Waals surface area contributed by atoms with E-state index in [0.717, 1.165) is 5.56 Å². The Bertz CT molecular complexity index is 1300. The van der Waals surface area contributed by atoms with Crippen molar-refractivity contribution >= 4 is 34.8 Å². The quantitative estimate of drug-likeness (QED) is 0.349. The van der Waals surface area contributed by atoms with Crippen LogP contribution in [0, 0.1) is 0 Å². The summed E-state index contributed by atoms with van der Waals surface area (Å²) in [6.07, 6.45) is -0.664. The molecule has 0 fully saturated rings. The number of anilines is 1. The second kappa shape index (κ2) is 9.13. The van der Waals surface area contributed by atoms with Crippen LogP contribution in [0.4, 0.5) is 10.7 Å². The molecule has 0 saturated carbocycles. The topological polar surface area (TPSA) is 110 Å². The number of H-pyrrole nitrogens is 1. The molecule has 0 unspecified atom stereocenters. The van der Waals surface area contributed by atoms with Gasteiger partial charge in [-0.15, -0.1) is 0 Å². The van der Waals surface area contributed by atoms with Gasteiger partial charge in [0, 0.05) is 11.1 Å². The van der Waals surface area contributed by atoms with Crippen LogP contribution in [0.2, 0.25) is 0 Å². The Morgan fingerprint density at radius 1 is 0.938 bits per heavy atom. The highest BCUT2D eigenvalue weighted by molar-refractivity contribution is 6.15. The van der Waals surface area contributed by atoms with Gasteiger partial charge in [0.1, 0.15) is 6.61 Å². The van der Waals surface area contributed by atoms with Crippen molar-refractivity contribution in [3.8, 4) is 0 Å². The number of amides is 1. The first-order chi connectivity index (χ1) is 15.5. The molecule has 0 aliphatic heterocycles. The molecular weight excluding hydrogens is 410 g/mol. The molecule has 8 heteroatoms. The van der Waals surface area contributed by atoms with Gasteiger partial charge in [-0.3, -0.25) is 10.1 Å². The molecule has 0 aliphatic rings. The zero-order valence-electron chi connectivity index (χ0n) is 17.1. The van der Waals surface area contributed by atoms with Gasteiger partial charge in [0.15, 0.2) is 5.78 Å². The van der Waals surface area contributed by atoms with Crippen LogP contribution in [-0.2, 0) is 16.1 Å². The van der Waals surface area contributed by atoms with E-state index in [1.54, 1.807) is 42.5 Å². The number of methoxy groups -OCH3 is 1. The number of hydrogen-bond acceptors (Lipinski definition) is 6. The molecule has 3 aromatic carbocycles. The minimum atomic E-state index is -0.664. The van der Waals surface area contributed by atoms with E-state index in [1.165, 1.54) is 7.11 Å². The number of carbonyl (C=O) groups excluding carboxylic acids is 3. The summed E-state index contributed by atoms with van der Waals surface area (Å²) in [5.41, 5.74) is 2.72. The van der Waals surface area contributed by atoms with Crippen LogP contribution in [0.3, 0.4) is 0 Å². The first kappa shape index (κ1) is 20.8. The Kier molecular flexibility index (Phi) is 5.94. The maximum absolute atomic E-state index is 13.2. The van der Waals surface area contributed by atoms with Crippen LogP contribution in [-0.4, -0.2) is 34.9 Å². The van der Waals surface area contributed by atoms with E-state index in [-0.39, 0.29) is 29.5 Å². The summed E-state index contributed by atoms with van der Waals surface area (Å²) in [5.74, 6) is -0.728. The van der Waals surface area contributed by atoms with E-state index in [0.29, 0.717) is 16.6 Å². The third-order valence-electron chi connectivity index (χ3n) is 4.76. The number of rotatable bonds is 6. The Hall–Kier alpha value is -4.46. The highest BCUT2D eigenvalue weighted by Crippen LogP contribution is 2.21. The number of imidazole rings is 1. The second-order valence-electron chi connectivity index (χ2n) is 6.87. The van der Waals surface area contributed by atoms with E-state index in [1.807, 2.05) is 30.3 Å². The number of nitrogens with zero attached hydrogens (tertiary/aromatic N) is 1. The zero-order chi connectivity index (χ0) is 22.5. The van der Waals surface area contributed by atoms with Gasteiger partial charge in [-0.25, -0.2) is 14.6 Å². The van der Waals surface area contributed by atoms with Gasteiger partial charge in [0.05, 0.1) is 23.7 Å². The molecule has 0 spiro atoms. The minimum Gasteiger partial charge on any atom is -0.457 e. The molecule has 0 radical (unpaired) electrons. The van der Waals surface area contributed by atoms with E-state index in [4.69, 9.17) is 4.74 Å². The van der Waals surface area contributed by atoms with Crippen LogP contribution >= 0.6 is 0 Å². The molecule has 4 aromatic rings. The largest absolute Gasteiger partial charge is 0.457 e. The summed E-state index contributed by atoms with van der Waals surface area (Å²) in [5, 5.41) is 2.44. The fraction of sp³-hybridized carbons (Fsp3) is 0.0833. The molecule has 1 amide bonds. The van der Waals surface area contributed by atoms with Crippen molar-refractivity contribution in [3.63, 3.8) is 0 Å². The molecular formula is C24H19N3O5. The number of benzene rings is 3. The number of nitrogens with one attached hydrogen (secondary N) is 2. The second-order valence-corrected chi connectivity index (χ2v) is 6.87. The number of aromatic amines is 1. The normalized spacial score (nSPS) is 10.5. The molecule has 0 saturated heterocycles. The fourth-order valence-electron chi connectivity index (χ4n) is 3.17. The number of ether oxygens (including phenoxy) is 2.